The molecular formula is C21H21F3N4O2S. The summed E-state index contributed by atoms with van der Waals surface area (Å²) in [6.45, 7) is 5.80. The molecule has 3 aromatic rings. The van der Waals surface area contributed by atoms with E-state index in [-0.39, 0.29) is 23.5 Å². The average Bonchev–Trinajstić information content (AvgIpc) is 3.16. The first-order chi connectivity index (χ1) is 14.6. The zero-order chi connectivity index (χ0) is 22.6. The van der Waals surface area contributed by atoms with Crippen LogP contribution in [0.5, 0.6) is 5.75 Å². The van der Waals surface area contributed by atoms with Crippen molar-refractivity contribution in [3.63, 3.8) is 0 Å². The molecule has 1 atom stereocenters. The third kappa shape index (κ3) is 6.24. The fraction of sp³-hybridized carbons (Fsp3) is 0.286. The number of carbonyl (C=O) groups excluding carboxylic acids is 1. The predicted octanol–water partition coefficient (Wildman–Crippen LogP) is 4.75. The first-order valence-electron chi connectivity index (χ1n) is 9.38. The lowest BCUT2D eigenvalue weighted by Gasteiger charge is -2.15. The van der Waals surface area contributed by atoms with E-state index in [2.05, 4.69) is 20.3 Å². The van der Waals surface area contributed by atoms with Crippen LogP contribution in [0.4, 0.5) is 13.2 Å². The number of thioether (sulfide) groups is 1. The second-order valence-electron chi connectivity index (χ2n) is 6.95. The maximum Gasteiger partial charge on any atom is 0.573 e. The lowest BCUT2D eigenvalue weighted by atomic mass is 10.1. The molecule has 0 saturated carbocycles. The lowest BCUT2D eigenvalue weighted by Crippen LogP contribution is -2.28. The highest BCUT2D eigenvalue weighted by Crippen LogP contribution is 2.25. The van der Waals surface area contributed by atoms with Crippen LogP contribution in [0.3, 0.4) is 0 Å². The summed E-state index contributed by atoms with van der Waals surface area (Å²) in [6.07, 6.45) is -3.14. The Hall–Kier alpha value is -3.01. The van der Waals surface area contributed by atoms with E-state index >= 15 is 0 Å². The van der Waals surface area contributed by atoms with Gasteiger partial charge in [0.25, 0.3) is 0 Å². The van der Waals surface area contributed by atoms with Crippen LogP contribution in [-0.4, -0.2) is 32.8 Å². The van der Waals surface area contributed by atoms with E-state index in [1.165, 1.54) is 41.6 Å². The number of aryl methyl sites for hydroxylation is 2. The molecule has 1 N–H and O–H groups in total. The van der Waals surface area contributed by atoms with E-state index < -0.39 is 6.36 Å². The highest BCUT2D eigenvalue weighted by molar-refractivity contribution is 7.99. The minimum atomic E-state index is -4.74. The third-order valence-electron chi connectivity index (χ3n) is 4.61. The number of carbonyl (C=O) groups is 1. The first-order valence-corrected chi connectivity index (χ1v) is 10.4. The summed E-state index contributed by atoms with van der Waals surface area (Å²) in [5.41, 5.74) is 3.88. The molecule has 1 amide bonds. The van der Waals surface area contributed by atoms with Gasteiger partial charge in [-0.3, -0.25) is 9.36 Å². The molecule has 31 heavy (non-hydrogen) atoms. The van der Waals surface area contributed by atoms with Gasteiger partial charge < -0.3 is 10.1 Å². The smallest absolute Gasteiger partial charge is 0.406 e. The maximum absolute atomic E-state index is 12.4. The summed E-state index contributed by atoms with van der Waals surface area (Å²) >= 11 is 1.24. The van der Waals surface area contributed by atoms with Crippen LogP contribution >= 0.6 is 11.8 Å². The van der Waals surface area contributed by atoms with E-state index in [0.29, 0.717) is 10.7 Å². The number of hydrogen-bond acceptors (Lipinski definition) is 5. The molecule has 0 aliphatic heterocycles. The summed E-state index contributed by atoms with van der Waals surface area (Å²) in [7, 11) is 0. The Bertz CT molecular complexity index is 1050. The van der Waals surface area contributed by atoms with Crippen LogP contribution in [0, 0.1) is 13.8 Å². The standard InChI is InChI=1S/C21H21F3N4O2S/c1-13-4-7-17(10-14(13)2)28-12-25-27-20(28)31-11-19(29)26-15(3)16-5-8-18(9-6-16)30-21(22,23)24/h4-10,12,15H,11H2,1-3H3,(H,26,29). The van der Waals surface area contributed by atoms with Gasteiger partial charge >= 0.3 is 6.36 Å². The molecule has 0 saturated heterocycles. The highest BCUT2D eigenvalue weighted by Gasteiger charge is 2.31. The van der Waals surface area contributed by atoms with Gasteiger partial charge in [-0.25, -0.2) is 0 Å². The number of nitrogens with zero attached hydrogens (tertiary/aromatic N) is 3. The number of hydrogen-bond donors (Lipinski definition) is 1. The number of nitrogens with one attached hydrogen (secondary N) is 1. The zero-order valence-corrected chi connectivity index (χ0v) is 17.9. The van der Waals surface area contributed by atoms with Crippen molar-refractivity contribution in [1.29, 1.82) is 0 Å². The maximum atomic E-state index is 12.4. The number of halogens is 3. The Kier molecular flexibility index (Phi) is 6.89. The molecular weight excluding hydrogens is 429 g/mol. The van der Waals surface area contributed by atoms with Crippen molar-refractivity contribution in [2.24, 2.45) is 0 Å². The summed E-state index contributed by atoms with van der Waals surface area (Å²) in [5, 5.41) is 11.4. The zero-order valence-electron chi connectivity index (χ0n) is 17.1. The molecule has 164 valence electrons. The van der Waals surface area contributed by atoms with Crippen LogP contribution in [0.15, 0.2) is 53.9 Å². The molecule has 3 rings (SSSR count). The Labute approximate surface area is 181 Å². The average molecular weight is 450 g/mol. The van der Waals surface area contributed by atoms with Crippen molar-refractivity contribution in [2.45, 2.75) is 38.3 Å². The quantitative estimate of drug-likeness (QED) is 0.526. The van der Waals surface area contributed by atoms with E-state index in [1.807, 2.05) is 36.6 Å². The van der Waals surface area contributed by atoms with E-state index in [0.717, 1.165) is 11.3 Å². The number of amides is 1. The number of ether oxygens (including phenoxy) is 1. The fourth-order valence-corrected chi connectivity index (χ4v) is 3.57. The first kappa shape index (κ1) is 22.7. The van der Waals surface area contributed by atoms with Gasteiger partial charge in [0.05, 0.1) is 11.8 Å². The molecule has 1 heterocycles. The summed E-state index contributed by atoms with van der Waals surface area (Å²) in [4.78, 5) is 12.4. The van der Waals surface area contributed by atoms with Crippen molar-refractivity contribution in [1.82, 2.24) is 20.1 Å². The van der Waals surface area contributed by atoms with Gasteiger partial charge in [0.1, 0.15) is 12.1 Å². The molecule has 2 aromatic carbocycles. The highest BCUT2D eigenvalue weighted by atomic mass is 32.2. The van der Waals surface area contributed by atoms with Crippen molar-refractivity contribution >= 4 is 17.7 Å². The van der Waals surface area contributed by atoms with Gasteiger partial charge in [0.15, 0.2) is 5.16 Å². The van der Waals surface area contributed by atoms with Gasteiger partial charge in [-0.15, -0.1) is 23.4 Å². The predicted molar refractivity (Wildman–Crippen MR) is 111 cm³/mol. The van der Waals surface area contributed by atoms with E-state index in [9.17, 15) is 18.0 Å². The second kappa shape index (κ2) is 9.42. The van der Waals surface area contributed by atoms with Gasteiger partial charge in [-0.05, 0) is 61.7 Å². The molecule has 0 fully saturated rings. The van der Waals surface area contributed by atoms with Crippen LogP contribution in [-0.2, 0) is 4.79 Å². The number of benzene rings is 2. The Morgan fingerprint density at radius 1 is 1.16 bits per heavy atom. The van der Waals surface area contributed by atoms with Crippen molar-refractivity contribution in [2.75, 3.05) is 5.75 Å². The molecule has 0 radical (unpaired) electrons. The Morgan fingerprint density at radius 3 is 2.52 bits per heavy atom. The van der Waals surface area contributed by atoms with Crippen molar-refractivity contribution in [3.05, 3.63) is 65.5 Å². The number of aromatic nitrogens is 3. The largest absolute Gasteiger partial charge is 0.573 e. The Morgan fingerprint density at radius 2 is 1.87 bits per heavy atom. The van der Waals surface area contributed by atoms with Crippen molar-refractivity contribution < 1.29 is 22.7 Å². The molecule has 0 spiro atoms. The normalized spacial score (nSPS) is 12.5. The van der Waals surface area contributed by atoms with Gasteiger partial charge in [0, 0.05) is 5.69 Å². The summed E-state index contributed by atoms with van der Waals surface area (Å²) in [5.74, 6) is -0.429. The Balaban J connectivity index is 1.57. The summed E-state index contributed by atoms with van der Waals surface area (Å²) in [6, 6.07) is 11.0. The summed E-state index contributed by atoms with van der Waals surface area (Å²) < 4.78 is 42.4. The van der Waals surface area contributed by atoms with Crippen molar-refractivity contribution in [3.8, 4) is 11.4 Å². The molecule has 0 aliphatic rings. The van der Waals surface area contributed by atoms with Crippen LogP contribution in [0.25, 0.3) is 5.69 Å². The minimum Gasteiger partial charge on any atom is -0.406 e. The van der Waals surface area contributed by atoms with E-state index in [1.54, 1.807) is 13.3 Å². The molecule has 0 bridgehead atoms. The van der Waals surface area contributed by atoms with E-state index in [4.69, 9.17) is 0 Å². The van der Waals surface area contributed by atoms with Gasteiger partial charge in [-0.1, -0.05) is 30.0 Å². The van der Waals surface area contributed by atoms with Crippen LogP contribution in [0.2, 0.25) is 0 Å². The molecule has 1 unspecified atom stereocenters. The van der Waals surface area contributed by atoms with Crippen LogP contribution in [0.1, 0.15) is 29.7 Å². The fourth-order valence-electron chi connectivity index (χ4n) is 2.83. The van der Waals surface area contributed by atoms with Crippen LogP contribution < -0.4 is 10.1 Å². The molecule has 1 aromatic heterocycles. The third-order valence-corrected chi connectivity index (χ3v) is 5.55. The minimum absolute atomic E-state index is 0.114. The SMILES string of the molecule is Cc1ccc(-n2cnnc2SCC(=O)NC(C)c2ccc(OC(F)(F)F)cc2)cc1C. The number of alkyl halides is 3. The monoisotopic (exact) mass is 450 g/mol. The second-order valence-corrected chi connectivity index (χ2v) is 7.89. The van der Waals surface area contributed by atoms with Gasteiger partial charge in [-0.2, -0.15) is 0 Å². The molecule has 10 heteroatoms. The van der Waals surface area contributed by atoms with Gasteiger partial charge in [0.2, 0.25) is 5.91 Å². The molecule has 6 nitrogen and oxygen atoms in total. The molecule has 0 aliphatic carbocycles. The lowest BCUT2D eigenvalue weighted by molar-refractivity contribution is -0.274. The topological polar surface area (TPSA) is 69.0 Å². The number of rotatable bonds is 7.